The SMILES string of the molecule is CC(C)C(=O)Nc1ccc(NCC2CCCC2)cc1. The summed E-state index contributed by atoms with van der Waals surface area (Å²) < 4.78 is 0. The molecule has 0 unspecified atom stereocenters. The van der Waals surface area contributed by atoms with Gasteiger partial charge in [0.2, 0.25) is 5.91 Å². The molecule has 3 heteroatoms. The van der Waals surface area contributed by atoms with Crippen molar-refractivity contribution in [3.63, 3.8) is 0 Å². The van der Waals surface area contributed by atoms with Gasteiger partial charge in [0, 0.05) is 23.8 Å². The van der Waals surface area contributed by atoms with Crippen LogP contribution < -0.4 is 10.6 Å². The van der Waals surface area contributed by atoms with Crippen molar-refractivity contribution in [1.29, 1.82) is 0 Å². The van der Waals surface area contributed by atoms with Crippen molar-refractivity contribution in [1.82, 2.24) is 0 Å². The lowest BCUT2D eigenvalue weighted by Crippen LogP contribution is -2.17. The van der Waals surface area contributed by atoms with Crippen LogP contribution >= 0.6 is 0 Å². The summed E-state index contributed by atoms with van der Waals surface area (Å²) in [4.78, 5) is 11.6. The van der Waals surface area contributed by atoms with Crippen LogP contribution in [0.4, 0.5) is 11.4 Å². The van der Waals surface area contributed by atoms with Gasteiger partial charge in [-0.25, -0.2) is 0 Å². The van der Waals surface area contributed by atoms with E-state index in [1.165, 1.54) is 25.7 Å². The minimum Gasteiger partial charge on any atom is -0.385 e. The van der Waals surface area contributed by atoms with Gasteiger partial charge in [-0.3, -0.25) is 4.79 Å². The Balaban J connectivity index is 1.82. The molecule has 104 valence electrons. The molecule has 2 rings (SSSR count). The first-order chi connectivity index (χ1) is 9.15. The van der Waals surface area contributed by atoms with Crippen LogP contribution in [0.3, 0.4) is 0 Å². The molecule has 19 heavy (non-hydrogen) atoms. The molecule has 1 aliphatic rings. The summed E-state index contributed by atoms with van der Waals surface area (Å²) in [5, 5.41) is 6.38. The first kappa shape index (κ1) is 13.9. The highest BCUT2D eigenvalue weighted by atomic mass is 16.1. The highest BCUT2D eigenvalue weighted by molar-refractivity contribution is 5.92. The first-order valence-corrected chi connectivity index (χ1v) is 7.30. The van der Waals surface area contributed by atoms with E-state index >= 15 is 0 Å². The third-order valence-corrected chi connectivity index (χ3v) is 3.75. The summed E-state index contributed by atoms with van der Waals surface area (Å²) in [5.74, 6) is 0.909. The molecule has 0 bridgehead atoms. The molecule has 1 aromatic carbocycles. The molecule has 1 saturated carbocycles. The van der Waals surface area contributed by atoms with Crippen LogP contribution in [-0.4, -0.2) is 12.5 Å². The molecule has 0 saturated heterocycles. The second-order valence-corrected chi connectivity index (χ2v) is 5.75. The predicted molar refractivity (Wildman–Crippen MR) is 80.4 cm³/mol. The largest absolute Gasteiger partial charge is 0.385 e. The van der Waals surface area contributed by atoms with Crippen molar-refractivity contribution in [2.24, 2.45) is 11.8 Å². The first-order valence-electron chi connectivity index (χ1n) is 7.30. The fraction of sp³-hybridized carbons (Fsp3) is 0.562. The number of amides is 1. The monoisotopic (exact) mass is 260 g/mol. The average molecular weight is 260 g/mol. The molecule has 2 N–H and O–H groups in total. The van der Waals surface area contributed by atoms with Gasteiger partial charge < -0.3 is 10.6 Å². The molecule has 0 spiro atoms. The Morgan fingerprint density at radius 1 is 1.16 bits per heavy atom. The Labute approximate surface area is 115 Å². The minimum absolute atomic E-state index is 0.0140. The Morgan fingerprint density at radius 3 is 2.32 bits per heavy atom. The molecule has 3 nitrogen and oxygen atoms in total. The molecule has 1 aromatic rings. The molecule has 1 aliphatic carbocycles. The van der Waals surface area contributed by atoms with Gasteiger partial charge in [-0.15, -0.1) is 0 Å². The fourth-order valence-electron chi connectivity index (χ4n) is 2.43. The number of carbonyl (C=O) groups is 1. The van der Waals surface area contributed by atoms with Crippen LogP contribution in [-0.2, 0) is 4.79 Å². The van der Waals surface area contributed by atoms with Crippen LogP contribution in [0.1, 0.15) is 39.5 Å². The van der Waals surface area contributed by atoms with Gasteiger partial charge in [0.05, 0.1) is 0 Å². The molecular formula is C16H24N2O. The Hall–Kier alpha value is -1.51. The number of anilines is 2. The van der Waals surface area contributed by atoms with E-state index < -0.39 is 0 Å². The number of rotatable bonds is 5. The second kappa shape index (κ2) is 6.60. The number of benzene rings is 1. The third kappa shape index (κ3) is 4.27. The maximum atomic E-state index is 11.6. The van der Waals surface area contributed by atoms with Gasteiger partial charge in [-0.2, -0.15) is 0 Å². The topological polar surface area (TPSA) is 41.1 Å². The van der Waals surface area contributed by atoms with Crippen LogP contribution in [0.2, 0.25) is 0 Å². The molecule has 1 amide bonds. The normalized spacial score (nSPS) is 15.7. The lowest BCUT2D eigenvalue weighted by atomic mass is 10.1. The van der Waals surface area contributed by atoms with Crippen molar-refractivity contribution in [2.45, 2.75) is 39.5 Å². The average Bonchev–Trinajstić information content (AvgIpc) is 2.91. The molecule has 1 fully saturated rings. The van der Waals surface area contributed by atoms with Crippen molar-refractivity contribution in [3.8, 4) is 0 Å². The molecule has 0 aliphatic heterocycles. The van der Waals surface area contributed by atoms with E-state index in [0.717, 1.165) is 23.8 Å². The van der Waals surface area contributed by atoms with E-state index in [1.807, 2.05) is 38.1 Å². The zero-order chi connectivity index (χ0) is 13.7. The summed E-state index contributed by atoms with van der Waals surface area (Å²) in [6, 6.07) is 7.98. The Kier molecular flexibility index (Phi) is 4.83. The van der Waals surface area contributed by atoms with Gasteiger partial charge in [0.1, 0.15) is 0 Å². The van der Waals surface area contributed by atoms with E-state index in [-0.39, 0.29) is 11.8 Å². The van der Waals surface area contributed by atoms with Crippen LogP contribution in [0.25, 0.3) is 0 Å². The summed E-state index contributed by atoms with van der Waals surface area (Å²) in [6.07, 6.45) is 5.48. The van der Waals surface area contributed by atoms with Crippen LogP contribution in [0.5, 0.6) is 0 Å². The summed E-state index contributed by atoms with van der Waals surface area (Å²) in [5.41, 5.74) is 2.00. The number of nitrogens with one attached hydrogen (secondary N) is 2. The smallest absolute Gasteiger partial charge is 0.226 e. The predicted octanol–water partition coefficient (Wildman–Crippen LogP) is 3.88. The van der Waals surface area contributed by atoms with E-state index in [2.05, 4.69) is 10.6 Å². The van der Waals surface area contributed by atoms with Crippen molar-refractivity contribution in [2.75, 3.05) is 17.2 Å². The van der Waals surface area contributed by atoms with E-state index in [1.54, 1.807) is 0 Å². The molecular weight excluding hydrogens is 236 g/mol. The highest BCUT2D eigenvalue weighted by Crippen LogP contribution is 2.25. The van der Waals surface area contributed by atoms with Crippen LogP contribution in [0.15, 0.2) is 24.3 Å². The minimum atomic E-state index is 0.0140. The summed E-state index contributed by atoms with van der Waals surface area (Å²) in [6.45, 7) is 4.86. The van der Waals surface area contributed by atoms with Gasteiger partial charge in [-0.05, 0) is 43.0 Å². The standard InChI is InChI=1S/C16H24N2O/c1-12(2)16(19)18-15-9-7-14(8-10-15)17-11-13-5-3-4-6-13/h7-10,12-13,17H,3-6,11H2,1-2H3,(H,18,19). The third-order valence-electron chi connectivity index (χ3n) is 3.75. The maximum Gasteiger partial charge on any atom is 0.226 e. The fourth-order valence-corrected chi connectivity index (χ4v) is 2.43. The summed E-state index contributed by atoms with van der Waals surface area (Å²) >= 11 is 0. The molecule has 0 aromatic heterocycles. The number of carbonyl (C=O) groups excluding carboxylic acids is 1. The van der Waals surface area contributed by atoms with Gasteiger partial charge in [0.25, 0.3) is 0 Å². The van der Waals surface area contributed by atoms with Crippen molar-refractivity contribution in [3.05, 3.63) is 24.3 Å². The zero-order valence-corrected chi connectivity index (χ0v) is 11.9. The second-order valence-electron chi connectivity index (χ2n) is 5.75. The Morgan fingerprint density at radius 2 is 1.74 bits per heavy atom. The highest BCUT2D eigenvalue weighted by Gasteiger charge is 2.14. The Bertz CT molecular complexity index is 405. The molecule has 0 atom stereocenters. The molecule has 0 heterocycles. The van der Waals surface area contributed by atoms with E-state index in [4.69, 9.17) is 0 Å². The zero-order valence-electron chi connectivity index (χ0n) is 11.9. The van der Waals surface area contributed by atoms with Gasteiger partial charge in [-0.1, -0.05) is 26.7 Å². The van der Waals surface area contributed by atoms with E-state index in [0.29, 0.717) is 0 Å². The quantitative estimate of drug-likeness (QED) is 0.843. The lowest BCUT2D eigenvalue weighted by Gasteiger charge is -2.13. The van der Waals surface area contributed by atoms with Gasteiger partial charge >= 0.3 is 0 Å². The van der Waals surface area contributed by atoms with Crippen molar-refractivity contribution >= 4 is 17.3 Å². The van der Waals surface area contributed by atoms with Crippen molar-refractivity contribution < 1.29 is 4.79 Å². The molecule has 0 radical (unpaired) electrons. The van der Waals surface area contributed by atoms with E-state index in [9.17, 15) is 4.79 Å². The number of hydrogen-bond acceptors (Lipinski definition) is 2. The lowest BCUT2D eigenvalue weighted by molar-refractivity contribution is -0.118. The maximum absolute atomic E-state index is 11.6. The van der Waals surface area contributed by atoms with Gasteiger partial charge in [0.15, 0.2) is 0 Å². The summed E-state index contributed by atoms with van der Waals surface area (Å²) in [7, 11) is 0. The van der Waals surface area contributed by atoms with Crippen LogP contribution in [0, 0.1) is 11.8 Å². The number of hydrogen-bond donors (Lipinski definition) is 2.